The van der Waals surface area contributed by atoms with E-state index < -0.39 is 16.6 Å². The molecule has 0 saturated heterocycles. The third kappa shape index (κ3) is 3.89. The Labute approximate surface area is 116 Å². The summed E-state index contributed by atoms with van der Waals surface area (Å²) < 4.78 is 5.23. The van der Waals surface area contributed by atoms with E-state index in [2.05, 4.69) is 4.98 Å². The molecule has 0 radical (unpaired) electrons. The predicted molar refractivity (Wildman–Crippen MR) is 72.2 cm³/mol. The Morgan fingerprint density at radius 3 is 2.75 bits per heavy atom. The van der Waals surface area contributed by atoms with Gasteiger partial charge in [-0.1, -0.05) is 0 Å². The minimum atomic E-state index is -1.35. The molecule has 8 heteroatoms. The van der Waals surface area contributed by atoms with Gasteiger partial charge < -0.3 is 14.7 Å². The Morgan fingerprint density at radius 2 is 2.25 bits per heavy atom. The molecule has 0 amide bonds. The van der Waals surface area contributed by atoms with E-state index in [4.69, 9.17) is 9.84 Å². The van der Waals surface area contributed by atoms with E-state index in [0.717, 1.165) is 6.20 Å². The van der Waals surface area contributed by atoms with Crippen LogP contribution in [0.4, 0.5) is 11.5 Å². The third-order valence-corrected chi connectivity index (χ3v) is 2.71. The number of anilines is 1. The number of likely N-dealkylation sites (N-methyl/N-ethyl adjacent to an activating group) is 1. The number of rotatable bonds is 8. The van der Waals surface area contributed by atoms with Crippen molar-refractivity contribution in [3.8, 4) is 0 Å². The van der Waals surface area contributed by atoms with E-state index in [9.17, 15) is 14.9 Å². The highest BCUT2D eigenvalue weighted by Crippen LogP contribution is 2.22. The van der Waals surface area contributed by atoms with E-state index in [1.807, 2.05) is 13.8 Å². The average Bonchev–Trinajstić information content (AvgIpc) is 2.43. The van der Waals surface area contributed by atoms with E-state index >= 15 is 0 Å². The number of carbonyl (C=O) groups is 1. The quantitative estimate of drug-likeness (QED) is 0.438. The first kappa shape index (κ1) is 15.8. The Morgan fingerprint density at radius 1 is 1.55 bits per heavy atom. The number of hydrogen-bond acceptors (Lipinski definition) is 6. The number of carboxylic acids is 1. The van der Waals surface area contributed by atoms with Gasteiger partial charge in [0, 0.05) is 25.8 Å². The summed E-state index contributed by atoms with van der Waals surface area (Å²) in [5.74, 6) is -0.962. The summed E-state index contributed by atoms with van der Waals surface area (Å²) in [4.78, 5) is 26.8. The molecule has 0 bridgehead atoms. The minimum Gasteiger partial charge on any atom is -0.477 e. The van der Waals surface area contributed by atoms with Crippen LogP contribution in [0, 0.1) is 10.1 Å². The van der Waals surface area contributed by atoms with Gasteiger partial charge in [-0.25, -0.2) is 9.78 Å². The SMILES string of the molecule is CCOCCN(CC)c1cc(C(=O)O)c([N+](=O)[O-])cn1. The minimum absolute atomic E-state index is 0.366. The Kier molecular flexibility index (Phi) is 5.85. The zero-order chi connectivity index (χ0) is 15.1. The molecule has 0 saturated carbocycles. The summed E-state index contributed by atoms with van der Waals surface area (Å²) in [5.41, 5.74) is -0.878. The zero-order valence-electron chi connectivity index (χ0n) is 11.4. The van der Waals surface area contributed by atoms with Gasteiger partial charge in [-0.2, -0.15) is 0 Å². The first-order valence-electron chi connectivity index (χ1n) is 6.21. The van der Waals surface area contributed by atoms with Gasteiger partial charge in [0.1, 0.15) is 17.6 Å². The van der Waals surface area contributed by atoms with Crippen LogP contribution >= 0.6 is 0 Å². The Bertz CT molecular complexity index is 492. The molecule has 1 heterocycles. The smallest absolute Gasteiger partial charge is 0.342 e. The normalized spacial score (nSPS) is 10.3. The van der Waals surface area contributed by atoms with E-state index in [0.29, 0.717) is 32.1 Å². The maximum atomic E-state index is 11.1. The number of aromatic nitrogens is 1. The van der Waals surface area contributed by atoms with Crippen molar-refractivity contribution in [1.82, 2.24) is 4.98 Å². The van der Waals surface area contributed by atoms with Crippen molar-refractivity contribution in [3.63, 3.8) is 0 Å². The summed E-state index contributed by atoms with van der Waals surface area (Å²) in [7, 11) is 0. The van der Waals surface area contributed by atoms with Crippen LogP contribution in [0.5, 0.6) is 0 Å². The van der Waals surface area contributed by atoms with Crippen LogP contribution in [0.2, 0.25) is 0 Å². The fourth-order valence-electron chi connectivity index (χ4n) is 1.68. The second-order valence-electron chi connectivity index (χ2n) is 3.90. The molecule has 0 aromatic carbocycles. The summed E-state index contributed by atoms with van der Waals surface area (Å²) in [6.45, 7) is 5.96. The lowest BCUT2D eigenvalue weighted by molar-refractivity contribution is -0.385. The molecule has 0 unspecified atom stereocenters. The van der Waals surface area contributed by atoms with Crippen LogP contribution in [-0.4, -0.2) is 47.3 Å². The molecule has 20 heavy (non-hydrogen) atoms. The number of nitro groups is 1. The predicted octanol–water partition coefficient (Wildman–Crippen LogP) is 1.55. The van der Waals surface area contributed by atoms with Gasteiger partial charge in [0.15, 0.2) is 0 Å². The second-order valence-corrected chi connectivity index (χ2v) is 3.90. The van der Waals surface area contributed by atoms with Gasteiger partial charge in [0.25, 0.3) is 0 Å². The highest BCUT2D eigenvalue weighted by Gasteiger charge is 2.22. The lowest BCUT2D eigenvalue weighted by Gasteiger charge is -2.21. The van der Waals surface area contributed by atoms with Crippen molar-refractivity contribution >= 4 is 17.5 Å². The average molecular weight is 283 g/mol. The maximum absolute atomic E-state index is 11.1. The molecule has 0 aliphatic rings. The molecule has 0 atom stereocenters. The van der Waals surface area contributed by atoms with Crippen molar-refractivity contribution in [1.29, 1.82) is 0 Å². The largest absolute Gasteiger partial charge is 0.477 e. The molecular formula is C12H17N3O5. The van der Waals surface area contributed by atoms with Crippen LogP contribution in [0.1, 0.15) is 24.2 Å². The number of nitrogens with zero attached hydrogens (tertiary/aromatic N) is 3. The fourth-order valence-corrected chi connectivity index (χ4v) is 1.68. The van der Waals surface area contributed by atoms with E-state index in [1.54, 1.807) is 4.90 Å². The van der Waals surface area contributed by atoms with Crippen molar-refractivity contribution in [3.05, 3.63) is 27.9 Å². The van der Waals surface area contributed by atoms with Gasteiger partial charge in [-0.3, -0.25) is 10.1 Å². The number of hydrogen-bond donors (Lipinski definition) is 1. The van der Waals surface area contributed by atoms with E-state index in [-0.39, 0.29) is 5.56 Å². The van der Waals surface area contributed by atoms with E-state index in [1.165, 1.54) is 6.07 Å². The van der Waals surface area contributed by atoms with Crippen LogP contribution in [0.15, 0.2) is 12.3 Å². The van der Waals surface area contributed by atoms with Crippen molar-refractivity contribution < 1.29 is 19.6 Å². The molecule has 1 aromatic heterocycles. The van der Waals surface area contributed by atoms with Crippen LogP contribution in [0.3, 0.4) is 0 Å². The van der Waals surface area contributed by atoms with Crippen molar-refractivity contribution in [2.45, 2.75) is 13.8 Å². The zero-order valence-corrected chi connectivity index (χ0v) is 11.4. The summed E-state index contributed by atoms with van der Waals surface area (Å²) in [6.07, 6.45) is 0.974. The molecule has 0 aliphatic carbocycles. The monoisotopic (exact) mass is 283 g/mol. The second kappa shape index (κ2) is 7.39. The lowest BCUT2D eigenvalue weighted by atomic mass is 10.2. The maximum Gasteiger partial charge on any atom is 0.342 e. The van der Waals surface area contributed by atoms with Crippen LogP contribution in [-0.2, 0) is 4.74 Å². The number of carboxylic acid groups (broad SMARTS) is 1. The Hall–Kier alpha value is -2.22. The summed E-state index contributed by atoms with van der Waals surface area (Å²) >= 11 is 0. The van der Waals surface area contributed by atoms with Gasteiger partial charge in [0.2, 0.25) is 0 Å². The third-order valence-electron chi connectivity index (χ3n) is 2.71. The number of ether oxygens (including phenoxy) is 1. The van der Waals surface area contributed by atoms with Gasteiger partial charge in [-0.05, 0) is 13.8 Å². The molecule has 0 spiro atoms. The molecule has 1 N–H and O–H groups in total. The van der Waals surface area contributed by atoms with Gasteiger partial charge in [-0.15, -0.1) is 0 Å². The molecule has 0 aliphatic heterocycles. The van der Waals surface area contributed by atoms with Crippen LogP contribution in [0.25, 0.3) is 0 Å². The summed E-state index contributed by atoms with van der Waals surface area (Å²) in [5, 5.41) is 19.8. The molecule has 8 nitrogen and oxygen atoms in total. The lowest BCUT2D eigenvalue weighted by Crippen LogP contribution is -2.28. The fraction of sp³-hybridized carbons (Fsp3) is 0.500. The number of pyridine rings is 1. The molecule has 1 aromatic rings. The first-order chi connectivity index (χ1) is 9.51. The van der Waals surface area contributed by atoms with Gasteiger partial charge in [0.05, 0.1) is 11.5 Å². The molecule has 1 rings (SSSR count). The topological polar surface area (TPSA) is 106 Å². The van der Waals surface area contributed by atoms with Crippen LogP contribution < -0.4 is 4.90 Å². The summed E-state index contributed by atoms with van der Waals surface area (Å²) in [6, 6.07) is 1.22. The molecule has 110 valence electrons. The molecule has 0 fully saturated rings. The first-order valence-corrected chi connectivity index (χ1v) is 6.21. The van der Waals surface area contributed by atoms with Crippen molar-refractivity contribution in [2.75, 3.05) is 31.2 Å². The molecular weight excluding hydrogens is 266 g/mol. The number of aromatic carboxylic acids is 1. The highest BCUT2D eigenvalue weighted by atomic mass is 16.6. The highest BCUT2D eigenvalue weighted by molar-refractivity contribution is 5.93. The Balaban J connectivity index is 3.02. The van der Waals surface area contributed by atoms with Gasteiger partial charge >= 0.3 is 11.7 Å². The van der Waals surface area contributed by atoms with Crippen molar-refractivity contribution in [2.24, 2.45) is 0 Å². The standard InChI is InChI=1S/C12H17N3O5/c1-3-14(5-6-20-4-2)11-7-9(12(16)17)10(8-13-11)15(18)19/h7-8H,3-6H2,1-2H3,(H,16,17).